The zero-order valence-electron chi connectivity index (χ0n) is 17.3. The summed E-state index contributed by atoms with van der Waals surface area (Å²) in [6.07, 6.45) is 0.309. The van der Waals surface area contributed by atoms with Crippen molar-refractivity contribution in [3.05, 3.63) is 60.2 Å². The molecule has 2 amide bonds. The first-order valence-electron chi connectivity index (χ1n) is 10.5. The Kier molecular flexibility index (Phi) is 5.56. The van der Waals surface area contributed by atoms with E-state index in [0.717, 1.165) is 18.8 Å². The maximum absolute atomic E-state index is 13.0. The quantitative estimate of drug-likeness (QED) is 0.801. The summed E-state index contributed by atoms with van der Waals surface area (Å²) in [6.45, 7) is 7.87. The average molecular weight is 392 g/mol. The molecule has 0 aromatic heterocycles. The van der Waals surface area contributed by atoms with E-state index in [1.807, 2.05) is 35.2 Å². The van der Waals surface area contributed by atoms with Gasteiger partial charge in [0.05, 0.1) is 5.92 Å². The molecule has 1 atom stereocenters. The molecule has 0 radical (unpaired) electrons. The molecule has 0 aliphatic carbocycles. The lowest BCUT2D eigenvalue weighted by Crippen LogP contribution is -2.50. The van der Waals surface area contributed by atoms with Crippen LogP contribution in [0.5, 0.6) is 0 Å². The summed E-state index contributed by atoms with van der Waals surface area (Å²) in [5.41, 5.74) is 3.35. The van der Waals surface area contributed by atoms with Gasteiger partial charge in [-0.3, -0.25) is 9.59 Å². The van der Waals surface area contributed by atoms with Crippen molar-refractivity contribution in [1.29, 1.82) is 0 Å². The Morgan fingerprint density at radius 2 is 1.55 bits per heavy atom. The van der Waals surface area contributed by atoms with Crippen LogP contribution in [0.15, 0.2) is 54.6 Å². The Labute approximate surface area is 172 Å². The molecule has 2 saturated heterocycles. The largest absolute Gasteiger partial charge is 0.368 e. The average Bonchev–Trinajstić information content (AvgIpc) is 3.15. The minimum atomic E-state index is -0.240. The van der Waals surface area contributed by atoms with Crippen molar-refractivity contribution in [1.82, 2.24) is 4.90 Å². The van der Waals surface area contributed by atoms with Crippen LogP contribution >= 0.6 is 0 Å². The van der Waals surface area contributed by atoms with Crippen molar-refractivity contribution in [2.75, 3.05) is 42.5 Å². The van der Waals surface area contributed by atoms with Gasteiger partial charge in [-0.15, -0.1) is 0 Å². The highest BCUT2D eigenvalue weighted by Gasteiger charge is 2.37. The van der Waals surface area contributed by atoms with E-state index in [9.17, 15) is 9.59 Å². The molecule has 0 N–H and O–H groups in total. The minimum absolute atomic E-state index is 0.0450. The van der Waals surface area contributed by atoms with Crippen molar-refractivity contribution < 1.29 is 9.59 Å². The van der Waals surface area contributed by atoms with Gasteiger partial charge < -0.3 is 14.7 Å². The Morgan fingerprint density at radius 1 is 0.897 bits per heavy atom. The number of nitrogens with zero attached hydrogens (tertiary/aromatic N) is 3. The number of hydrogen-bond donors (Lipinski definition) is 0. The van der Waals surface area contributed by atoms with Gasteiger partial charge in [-0.1, -0.05) is 44.2 Å². The molecule has 152 valence electrons. The lowest BCUT2D eigenvalue weighted by Gasteiger charge is -2.37. The summed E-state index contributed by atoms with van der Waals surface area (Å²) in [5.74, 6) is 0.383. The van der Waals surface area contributed by atoms with Gasteiger partial charge >= 0.3 is 0 Å². The Morgan fingerprint density at radius 3 is 2.17 bits per heavy atom. The summed E-state index contributed by atoms with van der Waals surface area (Å²) < 4.78 is 0. The van der Waals surface area contributed by atoms with E-state index < -0.39 is 0 Å². The molecule has 1 unspecified atom stereocenters. The third-order valence-corrected chi connectivity index (χ3v) is 6.06. The van der Waals surface area contributed by atoms with Crippen molar-refractivity contribution >= 4 is 23.2 Å². The second-order valence-electron chi connectivity index (χ2n) is 8.30. The number of piperazine rings is 1. The summed E-state index contributed by atoms with van der Waals surface area (Å²) in [7, 11) is 0. The first-order chi connectivity index (χ1) is 14.0. The highest BCUT2D eigenvalue weighted by atomic mass is 16.2. The van der Waals surface area contributed by atoms with E-state index in [4.69, 9.17) is 0 Å². The number of carbonyl (C=O) groups excluding carboxylic acids is 2. The Balaban J connectivity index is 1.36. The molecule has 4 rings (SSSR count). The minimum Gasteiger partial charge on any atom is -0.368 e. The van der Waals surface area contributed by atoms with Gasteiger partial charge in [0.25, 0.3) is 0 Å². The molecule has 0 spiro atoms. The number of anilines is 2. The normalized spacial score (nSPS) is 19.9. The summed E-state index contributed by atoms with van der Waals surface area (Å²) in [4.78, 5) is 31.6. The highest BCUT2D eigenvalue weighted by Crippen LogP contribution is 2.28. The van der Waals surface area contributed by atoms with Crippen molar-refractivity contribution in [2.24, 2.45) is 5.92 Å². The summed E-state index contributed by atoms with van der Waals surface area (Å²) >= 11 is 0. The number of hydrogen-bond acceptors (Lipinski definition) is 3. The molecule has 0 saturated carbocycles. The fraction of sp³-hybridized carbons (Fsp3) is 0.417. The monoisotopic (exact) mass is 391 g/mol. The van der Waals surface area contributed by atoms with E-state index in [1.165, 1.54) is 11.3 Å². The number of carbonyl (C=O) groups is 2. The highest BCUT2D eigenvalue weighted by molar-refractivity contribution is 6.00. The topological polar surface area (TPSA) is 43.9 Å². The number of amides is 2. The first kappa shape index (κ1) is 19.5. The molecule has 2 fully saturated rings. The summed E-state index contributed by atoms with van der Waals surface area (Å²) in [6, 6.07) is 18.5. The first-order valence-corrected chi connectivity index (χ1v) is 10.5. The SMILES string of the molecule is CC(C)c1ccc(N2CC(C(=O)N3CCN(c4ccccc4)CC3)CC2=O)cc1. The molecule has 2 heterocycles. The van der Waals surface area contributed by atoms with Gasteiger partial charge in [-0.2, -0.15) is 0 Å². The van der Waals surface area contributed by atoms with E-state index >= 15 is 0 Å². The zero-order chi connectivity index (χ0) is 20.4. The van der Waals surface area contributed by atoms with E-state index in [2.05, 4.69) is 43.0 Å². The fourth-order valence-corrected chi connectivity index (χ4v) is 4.24. The van der Waals surface area contributed by atoms with Crippen LogP contribution in [0.25, 0.3) is 0 Å². The van der Waals surface area contributed by atoms with Crippen LogP contribution in [-0.2, 0) is 9.59 Å². The molecular formula is C24H29N3O2. The summed E-state index contributed by atoms with van der Waals surface area (Å²) in [5, 5.41) is 0. The Bertz CT molecular complexity index is 855. The molecule has 5 nitrogen and oxygen atoms in total. The second-order valence-corrected chi connectivity index (χ2v) is 8.30. The van der Waals surface area contributed by atoms with Gasteiger partial charge in [-0.25, -0.2) is 0 Å². The van der Waals surface area contributed by atoms with Crippen LogP contribution in [0.1, 0.15) is 31.7 Å². The van der Waals surface area contributed by atoms with Crippen LogP contribution < -0.4 is 9.80 Å². The smallest absolute Gasteiger partial charge is 0.228 e. The standard InChI is InChI=1S/C24H29N3O2/c1-18(2)19-8-10-22(11-9-19)27-17-20(16-23(27)28)24(29)26-14-12-25(13-15-26)21-6-4-3-5-7-21/h3-11,18,20H,12-17H2,1-2H3. The van der Waals surface area contributed by atoms with Gasteiger partial charge in [0.2, 0.25) is 11.8 Å². The molecule has 2 aromatic rings. The molecule has 0 bridgehead atoms. The molecule has 5 heteroatoms. The van der Waals surface area contributed by atoms with Gasteiger partial charge in [0.15, 0.2) is 0 Å². The lowest BCUT2D eigenvalue weighted by molar-refractivity contribution is -0.136. The fourth-order valence-electron chi connectivity index (χ4n) is 4.24. The number of para-hydroxylation sites is 1. The maximum Gasteiger partial charge on any atom is 0.228 e. The molecule has 2 aromatic carbocycles. The predicted octanol–water partition coefficient (Wildman–Crippen LogP) is 3.51. The van der Waals surface area contributed by atoms with Crippen LogP contribution in [0.2, 0.25) is 0 Å². The third-order valence-electron chi connectivity index (χ3n) is 6.06. The molecule has 2 aliphatic heterocycles. The van der Waals surface area contributed by atoms with Crippen molar-refractivity contribution in [2.45, 2.75) is 26.2 Å². The van der Waals surface area contributed by atoms with Gasteiger partial charge in [0.1, 0.15) is 0 Å². The third kappa shape index (κ3) is 4.14. The number of benzene rings is 2. The Hall–Kier alpha value is -2.82. The van der Waals surface area contributed by atoms with Crippen molar-refractivity contribution in [3.8, 4) is 0 Å². The molecule has 2 aliphatic rings. The van der Waals surface area contributed by atoms with Crippen molar-refractivity contribution in [3.63, 3.8) is 0 Å². The van der Waals surface area contributed by atoms with Crippen LogP contribution in [0.3, 0.4) is 0 Å². The van der Waals surface area contributed by atoms with Gasteiger partial charge in [-0.05, 0) is 35.7 Å². The lowest BCUT2D eigenvalue weighted by atomic mass is 10.0. The van der Waals surface area contributed by atoms with Crippen LogP contribution in [-0.4, -0.2) is 49.4 Å². The predicted molar refractivity (Wildman–Crippen MR) is 116 cm³/mol. The van der Waals surface area contributed by atoms with E-state index in [0.29, 0.717) is 32.0 Å². The number of rotatable bonds is 4. The maximum atomic E-state index is 13.0. The molecular weight excluding hydrogens is 362 g/mol. The zero-order valence-corrected chi connectivity index (χ0v) is 17.3. The van der Waals surface area contributed by atoms with Crippen LogP contribution in [0.4, 0.5) is 11.4 Å². The van der Waals surface area contributed by atoms with E-state index in [-0.39, 0.29) is 17.7 Å². The van der Waals surface area contributed by atoms with E-state index in [1.54, 1.807) is 4.90 Å². The molecule has 29 heavy (non-hydrogen) atoms. The van der Waals surface area contributed by atoms with Gasteiger partial charge in [0, 0.05) is 50.5 Å². The van der Waals surface area contributed by atoms with Crippen LogP contribution in [0, 0.1) is 5.92 Å². The second kappa shape index (κ2) is 8.27.